The highest BCUT2D eigenvalue weighted by molar-refractivity contribution is 6.33. The van der Waals surface area contributed by atoms with Crippen molar-refractivity contribution in [3.05, 3.63) is 29.0 Å². The van der Waals surface area contributed by atoms with Gasteiger partial charge in [0.15, 0.2) is 11.5 Å². The van der Waals surface area contributed by atoms with E-state index in [4.69, 9.17) is 21.4 Å². The molecule has 0 fully saturated rings. The molecule has 0 amide bonds. The van der Waals surface area contributed by atoms with Crippen molar-refractivity contribution in [2.45, 2.75) is 0 Å². The fraction of sp³-hybridized carbons (Fsp3) is 0.0909. The standard InChI is InChI=1S/C11H8ClNO5/c1-17-9-2-5(6(12)3-8(9)14)7-4-10(11(15)16)18-13-7/h2-4,14H,1H3,(H,15,16). The molecule has 2 aromatic rings. The third-order valence-corrected chi connectivity index (χ3v) is 2.58. The highest BCUT2D eigenvalue weighted by Gasteiger charge is 2.16. The van der Waals surface area contributed by atoms with Gasteiger partial charge in [-0.15, -0.1) is 0 Å². The number of aromatic carboxylic acids is 1. The first kappa shape index (κ1) is 12.3. The van der Waals surface area contributed by atoms with Gasteiger partial charge in [-0.05, 0) is 6.07 Å². The van der Waals surface area contributed by atoms with Crippen LogP contribution in [0.15, 0.2) is 22.7 Å². The van der Waals surface area contributed by atoms with E-state index in [1.54, 1.807) is 0 Å². The number of benzene rings is 1. The molecule has 0 bridgehead atoms. The van der Waals surface area contributed by atoms with Gasteiger partial charge < -0.3 is 19.5 Å². The maximum Gasteiger partial charge on any atom is 0.374 e. The van der Waals surface area contributed by atoms with Crippen molar-refractivity contribution in [1.29, 1.82) is 0 Å². The van der Waals surface area contributed by atoms with Crippen molar-refractivity contribution in [1.82, 2.24) is 5.16 Å². The molecular weight excluding hydrogens is 262 g/mol. The van der Waals surface area contributed by atoms with Crippen molar-refractivity contribution in [2.24, 2.45) is 0 Å². The summed E-state index contributed by atoms with van der Waals surface area (Å²) in [7, 11) is 1.39. The van der Waals surface area contributed by atoms with Crippen LogP contribution in [0.5, 0.6) is 11.5 Å². The maximum absolute atomic E-state index is 10.7. The van der Waals surface area contributed by atoms with Crippen LogP contribution in [0.3, 0.4) is 0 Å². The van der Waals surface area contributed by atoms with Gasteiger partial charge in [0, 0.05) is 17.7 Å². The van der Waals surface area contributed by atoms with Gasteiger partial charge in [-0.3, -0.25) is 0 Å². The Morgan fingerprint density at radius 2 is 2.17 bits per heavy atom. The Hall–Kier alpha value is -2.21. The Balaban J connectivity index is 2.52. The van der Waals surface area contributed by atoms with E-state index in [2.05, 4.69) is 9.68 Å². The molecule has 0 radical (unpaired) electrons. The predicted octanol–water partition coefficient (Wildman–Crippen LogP) is 2.41. The van der Waals surface area contributed by atoms with E-state index >= 15 is 0 Å². The summed E-state index contributed by atoms with van der Waals surface area (Å²) in [5.41, 5.74) is 0.651. The third-order valence-electron chi connectivity index (χ3n) is 2.27. The molecule has 2 rings (SSSR count). The summed E-state index contributed by atoms with van der Waals surface area (Å²) < 4.78 is 9.56. The summed E-state index contributed by atoms with van der Waals surface area (Å²) >= 11 is 5.94. The van der Waals surface area contributed by atoms with Crippen molar-refractivity contribution in [2.75, 3.05) is 7.11 Å². The zero-order valence-corrected chi connectivity index (χ0v) is 9.93. The molecule has 1 aromatic heterocycles. The first-order valence-electron chi connectivity index (χ1n) is 4.80. The van der Waals surface area contributed by atoms with Crippen LogP contribution < -0.4 is 4.74 Å². The molecule has 0 spiro atoms. The topological polar surface area (TPSA) is 92.8 Å². The lowest BCUT2D eigenvalue weighted by molar-refractivity contribution is 0.0652. The van der Waals surface area contributed by atoms with Gasteiger partial charge >= 0.3 is 5.97 Å². The van der Waals surface area contributed by atoms with E-state index in [0.717, 1.165) is 0 Å². The molecule has 0 unspecified atom stereocenters. The molecule has 0 saturated carbocycles. The summed E-state index contributed by atoms with van der Waals surface area (Å²) in [5.74, 6) is -1.44. The summed E-state index contributed by atoms with van der Waals surface area (Å²) in [6.45, 7) is 0. The van der Waals surface area contributed by atoms with E-state index in [0.29, 0.717) is 5.56 Å². The third kappa shape index (κ3) is 2.10. The van der Waals surface area contributed by atoms with Crippen LogP contribution in [-0.2, 0) is 0 Å². The Labute approximate surface area is 106 Å². The number of halogens is 1. The number of carboxylic acid groups (broad SMARTS) is 1. The SMILES string of the molecule is COc1cc(-c2cc(C(=O)O)on2)c(Cl)cc1O. The summed E-state index contributed by atoms with van der Waals surface area (Å²) in [4.78, 5) is 10.7. The normalized spacial score (nSPS) is 10.3. The van der Waals surface area contributed by atoms with Gasteiger partial charge in [0.2, 0.25) is 5.76 Å². The molecule has 94 valence electrons. The lowest BCUT2D eigenvalue weighted by Crippen LogP contribution is -1.91. The molecule has 18 heavy (non-hydrogen) atoms. The lowest BCUT2D eigenvalue weighted by atomic mass is 10.1. The minimum Gasteiger partial charge on any atom is -0.504 e. The fourth-order valence-electron chi connectivity index (χ4n) is 1.41. The van der Waals surface area contributed by atoms with Gasteiger partial charge in [-0.2, -0.15) is 0 Å². The maximum atomic E-state index is 10.7. The monoisotopic (exact) mass is 269 g/mol. The van der Waals surface area contributed by atoms with E-state index in [9.17, 15) is 9.90 Å². The minimum atomic E-state index is -1.23. The lowest BCUT2D eigenvalue weighted by Gasteiger charge is -2.06. The number of methoxy groups -OCH3 is 1. The van der Waals surface area contributed by atoms with Gasteiger partial charge in [-0.25, -0.2) is 4.79 Å². The first-order chi connectivity index (χ1) is 8.52. The minimum absolute atomic E-state index is 0.117. The van der Waals surface area contributed by atoms with Gasteiger partial charge in [-0.1, -0.05) is 16.8 Å². The van der Waals surface area contributed by atoms with Crippen molar-refractivity contribution in [3.8, 4) is 22.8 Å². The summed E-state index contributed by atoms with van der Waals surface area (Å²) in [6.07, 6.45) is 0. The summed E-state index contributed by atoms with van der Waals surface area (Å²) in [5, 5.41) is 22.0. The second kappa shape index (κ2) is 4.58. The zero-order chi connectivity index (χ0) is 13.3. The van der Waals surface area contributed by atoms with E-state index < -0.39 is 5.97 Å². The van der Waals surface area contributed by atoms with Crippen LogP contribution >= 0.6 is 11.6 Å². The molecule has 7 heteroatoms. The Kier molecular flexibility index (Phi) is 3.12. The number of carboxylic acids is 1. The predicted molar refractivity (Wildman–Crippen MR) is 62.1 cm³/mol. The Bertz CT molecular complexity index is 607. The number of phenols is 1. The molecule has 0 saturated heterocycles. The number of aromatic nitrogens is 1. The number of rotatable bonds is 3. The molecule has 0 aliphatic rings. The van der Waals surface area contributed by atoms with E-state index in [-0.39, 0.29) is 28.0 Å². The van der Waals surface area contributed by atoms with Crippen LogP contribution in [0, 0.1) is 0 Å². The Morgan fingerprint density at radius 1 is 1.44 bits per heavy atom. The number of hydrogen-bond acceptors (Lipinski definition) is 5. The second-order valence-corrected chi connectivity index (χ2v) is 3.79. The average molecular weight is 270 g/mol. The molecule has 1 heterocycles. The number of phenolic OH excluding ortho intramolecular Hbond substituents is 1. The molecular formula is C11H8ClNO5. The van der Waals surface area contributed by atoms with Gasteiger partial charge in [0.25, 0.3) is 0 Å². The second-order valence-electron chi connectivity index (χ2n) is 3.39. The molecule has 0 atom stereocenters. The quantitative estimate of drug-likeness (QED) is 0.889. The van der Waals surface area contributed by atoms with Gasteiger partial charge in [0.05, 0.1) is 12.1 Å². The van der Waals surface area contributed by atoms with Crippen LogP contribution in [0.4, 0.5) is 0 Å². The first-order valence-corrected chi connectivity index (χ1v) is 5.17. The van der Waals surface area contributed by atoms with E-state index in [1.165, 1.54) is 25.3 Å². The number of ether oxygens (including phenoxy) is 1. The van der Waals surface area contributed by atoms with Crippen molar-refractivity contribution < 1.29 is 24.3 Å². The number of carbonyl (C=O) groups is 1. The molecule has 0 aliphatic heterocycles. The Morgan fingerprint density at radius 3 is 2.72 bits per heavy atom. The zero-order valence-electron chi connectivity index (χ0n) is 9.18. The van der Waals surface area contributed by atoms with E-state index in [1.807, 2.05) is 0 Å². The largest absolute Gasteiger partial charge is 0.504 e. The van der Waals surface area contributed by atoms with Crippen molar-refractivity contribution in [3.63, 3.8) is 0 Å². The number of nitrogens with zero attached hydrogens (tertiary/aromatic N) is 1. The molecule has 2 N–H and O–H groups in total. The van der Waals surface area contributed by atoms with Crippen LogP contribution in [0.2, 0.25) is 5.02 Å². The summed E-state index contributed by atoms with van der Waals surface area (Å²) in [6, 6.07) is 3.96. The van der Waals surface area contributed by atoms with Crippen LogP contribution in [0.1, 0.15) is 10.6 Å². The van der Waals surface area contributed by atoms with Crippen LogP contribution in [0.25, 0.3) is 11.3 Å². The molecule has 6 nitrogen and oxygen atoms in total. The molecule has 0 aliphatic carbocycles. The molecule has 1 aromatic carbocycles. The highest BCUT2D eigenvalue weighted by atomic mass is 35.5. The van der Waals surface area contributed by atoms with Gasteiger partial charge in [0.1, 0.15) is 5.69 Å². The fourth-order valence-corrected chi connectivity index (χ4v) is 1.66. The smallest absolute Gasteiger partial charge is 0.374 e. The number of aromatic hydroxyl groups is 1. The van der Waals surface area contributed by atoms with Crippen LogP contribution in [-0.4, -0.2) is 28.4 Å². The van der Waals surface area contributed by atoms with Crippen molar-refractivity contribution >= 4 is 17.6 Å². The average Bonchev–Trinajstić information content (AvgIpc) is 2.78. The highest BCUT2D eigenvalue weighted by Crippen LogP contribution is 2.37. The number of hydrogen-bond donors (Lipinski definition) is 2.